The topological polar surface area (TPSA) is 75.3 Å². The lowest BCUT2D eigenvalue weighted by Gasteiger charge is -2.10. The zero-order valence-electron chi connectivity index (χ0n) is 13.8. The number of nitrogens with one attached hydrogen (secondary N) is 2. The molecule has 0 spiro atoms. The molecule has 0 unspecified atom stereocenters. The summed E-state index contributed by atoms with van der Waals surface area (Å²) in [5, 5.41) is 2.75. The van der Waals surface area contributed by atoms with Crippen LogP contribution >= 0.6 is 0 Å². The number of carbonyl (C=O) groups excluding carboxylic acids is 1. The summed E-state index contributed by atoms with van der Waals surface area (Å²) in [6, 6.07) is 15.7. The molecule has 0 saturated heterocycles. The molecule has 2 N–H and O–H groups in total. The molecule has 0 saturated carbocycles. The molecule has 128 valence electrons. The highest BCUT2D eigenvalue weighted by Crippen LogP contribution is 2.12. The third-order valence-electron chi connectivity index (χ3n) is 3.37. The number of benzene rings is 2. The van der Waals surface area contributed by atoms with Crippen molar-refractivity contribution in [3.8, 4) is 0 Å². The van der Waals surface area contributed by atoms with Gasteiger partial charge in [0.25, 0.3) is 5.91 Å². The fraction of sp³-hybridized carbons (Fsp3) is 0.278. The summed E-state index contributed by atoms with van der Waals surface area (Å²) in [6.45, 7) is 4.00. The van der Waals surface area contributed by atoms with Crippen LogP contribution in [0, 0.1) is 0 Å². The maximum atomic E-state index is 12.4. The van der Waals surface area contributed by atoms with Crippen molar-refractivity contribution in [2.75, 3.05) is 6.54 Å². The highest BCUT2D eigenvalue weighted by atomic mass is 32.2. The van der Waals surface area contributed by atoms with E-state index in [4.69, 9.17) is 0 Å². The van der Waals surface area contributed by atoms with Crippen molar-refractivity contribution in [1.29, 1.82) is 0 Å². The second kappa shape index (κ2) is 8.08. The third kappa shape index (κ3) is 5.18. The van der Waals surface area contributed by atoms with Crippen molar-refractivity contribution in [3.05, 3.63) is 65.7 Å². The standard InChI is InChI=1S/C18H22N2O3S/c1-14(2)20-18(21)16-9-6-10-17(13-16)24(22,23)19-12-11-15-7-4-3-5-8-15/h3-10,13-14,19H,11-12H2,1-2H3,(H,20,21). The number of hydrogen-bond donors (Lipinski definition) is 2. The molecule has 0 aliphatic heterocycles. The predicted octanol–water partition coefficient (Wildman–Crippen LogP) is 2.35. The van der Waals surface area contributed by atoms with E-state index in [1.807, 2.05) is 44.2 Å². The number of amides is 1. The second-order valence-electron chi connectivity index (χ2n) is 5.79. The van der Waals surface area contributed by atoms with Gasteiger partial charge in [-0.2, -0.15) is 0 Å². The molecule has 2 aromatic carbocycles. The van der Waals surface area contributed by atoms with Crippen LogP contribution in [-0.4, -0.2) is 26.9 Å². The fourth-order valence-electron chi connectivity index (χ4n) is 2.21. The SMILES string of the molecule is CC(C)NC(=O)c1cccc(S(=O)(=O)NCCc2ccccc2)c1. The predicted molar refractivity (Wildman–Crippen MR) is 94.4 cm³/mol. The first-order valence-electron chi connectivity index (χ1n) is 7.83. The zero-order chi connectivity index (χ0) is 17.6. The van der Waals surface area contributed by atoms with Gasteiger partial charge >= 0.3 is 0 Å². The number of carbonyl (C=O) groups is 1. The quantitative estimate of drug-likeness (QED) is 0.808. The van der Waals surface area contributed by atoms with E-state index >= 15 is 0 Å². The Bertz CT molecular complexity index is 787. The molecule has 0 bridgehead atoms. The Labute approximate surface area is 143 Å². The summed E-state index contributed by atoms with van der Waals surface area (Å²) in [4.78, 5) is 12.1. The van der Waals surface area contributed by atoms with E-state index < -0.39 is 10.0 Å². The molecule has 0 aromatic heterocycles. The lowest BCUT2D eigenvalue weighted by Crippen LogP contribution is -2.30. The van der Waals surface area contributed by atoms with Crippen molar-refractivity contribution in [3.63, 3.8) is 0 Å². The van der Waals surface area contributed by atoms with Crippen molar-refractivity contribution in [1.82, 2.24) is 10.0 Å². The molecule has 0 heterocycles. The Hall–Kier alpha value is -2.18. The van der Waals surface area contributed by atoms with E-state index in [9.17, 15) is 13.2 Å². The van der Waals surface area contributed by atoms with E-state index in [0.29, 0.717) is 18.5 Å². The number of hydrogen-bond acceptors (Lipinski definition) is 3. The summed E-state index contributed by atoms with van der Waals surface area (Å²) in [5.41, 5.74) is 1.39. The monoisotopic (exact) mass is 346 g/mol. The maximum Gasteiger partial charge on any atom is 0.251 e. The van der Waals surface area contributed by atoms with Gasteiger partial charge in [0, 0.05) is 18.2 Å². The summed E-state index contributed by atoms with van der Waals surface area (Å²) in [7, 11) is -3.64. The van der Waals surface area contributed by atoms with Crippen LogP contribution in [0.4, 0.5) is 0 Å². The van der Waals surface area contributed by atoms with Gasteiger partial charge in [-0.25, -0.2) is 13.1 Å². The minimum Gasteiger partial charge on any atom is -0.350 e. The summed E-state index contributed by atoms with van der Waals surface area (Å²) < 4.78 is 27.3. The van der Waals surface area contributed by atoms with E-state index in [1.54, 1.807) is 12.1 Å². The minimum atomic E-state index is -3.64. The molecule has 0 radical (unpaired) electrons. The van der Waals surface area contributed by atoms with E-state index in [-0.39, 0.29) is 16.8 Å². The first-order valence-corrected chi connectivity index (χ1v) is 9.31. The van der Waals surface area contributed by atoms with Crippen molar-refractivity contribution >= 4 is 15.9 Å². The van der Waals surface area contributed by atoms with Crippen molar-refractivity contribution < 1.29 is 13.2 Å². The average molecular weight is 346 g/mol. The van der Waals surface area contributed by atoms with Gasteiger partial charge in [-0.05, 0) is 44.0 Å². The van der Waals surface area contributed by atoms with Gasteiger partial charge < -0.3 is 5.32 Å². The van der Waals surface area contributed by atoms with Gasteiger partial charge in [0.05, 0.1) is 4.90 Å². The van der Waals surface area contributed by atoms with Crippen LogP contribution in [0.5, 0.6) is 0 Å². The van der Waals surface area contributed by atoms with Gasteiger partial charge in [0.15, 0.2) is 0 Å². The number of rotatable bonds is 7. The maximum absolute atomic E-state index is 12.4. The van der Waals surface area contributed by atoms with E-state index in [2.05, 4.69) is 10.0 Å². The molecule has 5 nitrogen and oxygen atoms in total. The van der Waals surface area contributed by atoms with Crippen LogP contribution in [0.15, 0.2) is 59.5 Å². The summed E-state index contributed by atoms with van der Waals surface area (Å²) in [6.07, 6.45) is 0.605. The van der Waals surface area contributed by atoms with Gasteiger partial charge in [-0.15, -0.1) is 0 Å². The first-order chi connectivity index (χ1) is 11.4. The van der Waals surface area contributed by atoms with E-state index in [1.165, 1.54) is 12.1 Å². The van der Waals surface area contributed by atoms with Crippen LogP contribution in [-0.2, 0) is 16.4 Å². The molecule has 24 heavy (non-hydrogen) atoms. The normalized spacial score (nSPS) is 11.5. The lowest BCUT2D eigenvalue weighted by molar-refractivity contribution is 0.0943. The molecule has 1 amide bonds. The number of sulfonamides is 1. The Morgan fingerprint density at radius 3 is 2.42 bits per heavy atom. The molecule has 0 fully saturated rings. The van der Waals surface area contributed by atoms with Gasteiger partial charge in [-0.3, -0.25) is 4.79 Å². The molecule has 0 atom stereocenters. The molecular weight excluding hydrogens is 324 g/mol. The molecule has 0 aliphatic carbocycles. The van der Waals surface area contributed by atoms with Gasteiger partial charge in [0.1, 0.15) is 0 Å². The van der Waals surface area contributed by atoms with Gasteiger partial charge in [0.2, 0.25) is 10.0 Å². The molecule has 0 aliphatic rings. The van der Waals surface area contributed by atoms with Gasteiger partial charge in [-0.1, -0.05) is 36.4 Å². The molecular formula is C18H22N2O3S. The zero-order valence-corrected chi connectivity index (χ0v) is 14.6. The Kier molecular flexibility index (Phi) is 6.11. The van der Waals surface area contributed by atoms with Crippen LogP contribution in [0.3, 0.4) is 0 Å². The summed E-state index contributed by atoms with van der Waals surface area (Å²) >= 11 is 0. The minimum absolute atomic E-state index is 0.0123. The average Bonchev–Trinajstić information content (AvgIpc) is 2.55. The van der Waals surface area contributed by atoms with Crippen LogP contribution in [0.2, 0.25) is 0 Å². The molecule has 2 aromatic rings. The Balaban J connectivity index is 2.04. The Morgan fingerprint density at radius 1 is 1.04 bits per heavy atom. The van der Waals surface area contributed by atoms with Crippen molar-refractivity contribution in [2.45, 2.75) is 31.2 Å². The lowest BCUT2D eigenvalue weighted by atomic mass is 10.2. The van der Waals surface area contributed by atoms with Crippen LogP contribution in [0.25, 0.3) is 0 Å². The first kappa shape index (κ1) is 18.2. The van der Waals surface area contributed by atoms with E-state index in [0.717, 1.165) is 5.56 Å². The van der Waals surface area contributed by atoms with Crippen LogP contribution in [0.1, 0.15) is 29.8 Å². The highest BCUT2D eigenvalue weighted by Gasteiger charge is 2.16. The van der Waals surface area contributed by atoms with Crippen molar-refractivity contribution in [2.24, 2.45) is 0 Å². The largest absolute Gasteiger partial charge is 0.350 e. The fourth-order valence-corrected chi connectivity index (χ4v) is 3.29. The smallest absolute Gasteiger partial charge is 0.251 e. The summed E-state index contributed by atoms with van der Waals surface area (Å²) in [5.74, 6) is -0.286. The Morgan fingerprint density at radius 2 is 1.75 bits per heavy atom. The van der Waals surface area contributed by atoms with Crippen LogP contribution < -0.4 is 10.0 Å². The highest BCUT2D eigenvalue weighted by molar-refractivity contribution is 7.89. The third-order valence-corrected chi connectivity index (χ3v) is 4.83. The second-order valence-corrected chi connectivity index (χ2v) is 7.56. The molecule has 2 rings (SSSR count). The molecule has 6 heteroatoms.